The summed E-state index contributed by atoms with van der Waals surface area (Å²) in [5, 5.41) is 4.24. The Balaban J connectivity index is 1.77. The molecule has 4 aromatic rings. The van der Waals surface area contributed by atoms with Crippen LogP contribution in [0, 0.1) is 5.82 Å². The van der Waals surface area contributed by atoms with E-state index in [1.165, 1.54) is 12.1 Å². The Morgan fingerprint density at radius 3 is 2.95 bits per heavy atom. The van der Waals surface area contributed by atoms with E-state index in [0.29, 0.717) is 17.2 Å². The summed E-state index contributed by atoms with van der Waals surface area (Å²) in [5.41, 5.74) is 3.00. The van der Waals surface area contributed by atoms with Crippen LogP contribution in [-0.4, -0.2) is 24.7 Å². The number of fused-ring (bicyclic) bond motifs is 1. The van der Waals surface area contributed by atoms with Crippen molar-refractivity contribution in [3.05, 3.63) is 60.8 Å². The van der Waals surface area contributed by atoms with E-state index < -0.39 is 0 Å². The largest absolute Gasteiger partial charge is 0.336 e. The molecule has 0 saturated heterocycles. The molecule has 1 aromatic carbocycles. The molecular weight excluding hydrogens is 269 g/mol. The predicted molar refractivity (Wildman–Crippen MR) is 76.4 cm³/mol. The number of hydrogen-bond donors (Lipinski definition) is 1. The molecule has 1 N–H and O–H groups in total. The lowest BCUT2D eigenvalue weighted by Gasteiger charge is -1.99. The van der Waals surface area contributed by atoms with E-state index in [4.69, 9.17) is 0 Å². The number of aromatic amines is 1. The molecule has 21 heavy (non-hydrogen) atoms. The second-order valence-corrected chi connectivity index (χ2v) is 4.61. The molecule has 0 aliphatic carbocycles. The fourth-order valence-electron chi connectivity index (χ4n) is 2.19. The van der Waals surface area contributed by atoms with Crippen LogP contribution in [-0.2, 0) is 0 Å². The SMILES string of the molecule is Fc1cccc(-n2cc(-c3nc4ncccc4[nH]3)cn2)c1. The van der Waals surface area contributed by atoms with Crippen LogP contribution in [0.1, 0.15) is 0 Å². The number of aromatic nitrogens is 5. The third-order valence-corrected chi connectivity index (χ3v) is 3.19. The predicted octanol–water partition coefficient (Wildman–Crippen LogP) is 2.95. The maximum Gasteiger partial charge on any atom is 0.178 e. The van der Waals surface area contributed by atoms with Crippen LogP contribution in [0.25, 0.3) is 28.2 Å². The molecule has 3 heterocycles. The number of H-pyrrole nitrogens is 1. The van der Waals surface area contributed by atoms with Gasteiger partial charge in [0.05, 0.1) is 23.0 Å². The molecule has 0 bridgehead atoms. The Morgan fingerprint density at radius 1 is 1.14 bits per heavy atom. The molecule has 0 amide bonds. The topological polar surface area (TPSA) is 59.4 Å². The molecule has 0 spiro atoms. The molecule has 5 nitrogen and oxygen atoms in total. The van der Waals surface area contributed by atoms with Crippen LogP contribution in [0.2, 0.25) is 0 Å². The zero-order valence-corrected chi connectivity index (χ0v) is 10.9. The Labute approximate surface area is 119 Å². The first-order valence-corrected chi connectivity index (χ1v) is 6.41. The van der Waals surface area contributed by atoms with Crippen LogP contribution in [0.4, 0.5) is 4.39 Å². The number of benzene rings is 1. The number of imidazole rings is 1. The number of pyridine rings is 1. The molecule has 102 valence electrons. The molecule has 0 saturated carbocycles. The highest BCUT2D eigenvalue weighted by Crippen LogP contribution is 2.20. The van der Waals surface area contributed by atoms with Gasteiger partial charge in [0.2, 0.25) is 0 Å². The lowest BCUT2D eigenvalue weighted by molar-refractivity contribution is 0.625. The van der Waals surface area contributed by atoms with Crippen molar-refractivity contribution in [1.82, 2.24) is 24.7 Å². The van der Waals surface area contributed by atoms with Crippen molar-refractivity contribution >= 4 is 11.2 Å². The number of nitrogens with one attached hydrogen (secondary N) is 1. The zero-order chi connectivity index (χ0) is 14.2. The van der Waals surface area contributed by atoms with E-state index >= 15 is 0 Å². The summed E-state index contributed by atoms with van der Waals surface area (Å²) in [4.78, 5) is 11.8. The first-order chi connectivity index (χ1) is 10.3. The van der Waals surface area contributed by atoms with Gasteiger partial charge >= 0.3 is 0 Å². The van der Waals surface area contributed by atoms with Crippen molar-refractivity contribution in [1.29, 1.82) is 0 Å². The summed E-state index contributed by atoms with van der Waals surface area (Å²) < 4.78 is 14.9. The minimum atomic E-state index is -0.294. The second kappa shape index (κ2) is 4.52. The van der Waals surface area contributed by atoms with Gasteiger partial charge in [-0.1, -0.05) is 6.07 Å². The van der Waals surface area contributed by atoms with Gasteiger partial charge in [-0.2, -0.15) is 5.10 Å². The lowest BCUT2D eigenvalue weighted by atomic mass is 10.3. The van der Waals surface area contributed by atoms with E-state index in [1.54, 1.807) is 35.4 Å². The van der Waals surface area contributed by atoms with Crippen LogP contribution < -0.4 is 0 Å². The molecule has 0 radical (unpaired) electrons. The van der Waals surface area contributed by atoms with Crippen molar-refractivity contribution in [2.24, 2.45) is 0 Å². The highest BCUT2D eigenvalue weighted by molar-refractivity contribution is 5.75. The number of rotatable bonds is 2. The maximum atomic E-state index is 13.3. The summed E-state index contributed by atoms with van der Waals surface area (Å²) in [6.07, 6.45) is 5.18. The molecule has 0 unspecified atom stereocenters. The third-order valence-electron chi connectivity index (χ3n) is 3.19. The Kier molecular flexibility index (Phi) is 2.53. The maximum absolute atomic E-state index is 13.3. The Hall–Kier alpha value is -3.02. The molecule has 0 atom stereocenters. The van der Waals surface area contributed by atoms with Crippen molar-refractivity contribution in [2.45, 2.75) is 0 Å². The first kappa shape index (κ1) is 11.8. The normalized spacial score (nSPS) is 11.1. The summed E-state index contributed by atoms with van der Waals surface area (Å²) in [7, 11) is 0. The van der Waals surface area contributed by atoms with Gasteiger partial charge < -0.3 is 4.98 Å². The number of nitrogens with zero attached hydrogens (tertiary/aromatic N) is 4. The molecule has 0 aliphatic rings. The highest BCUT2D eigenvalue weighted by Gasteiger charge is 2.09. The van der Waals surface area contributed by atoms with Gasteiger partial charge in [0.15, 0.2) is 5.65 Å². The van der Waals surface area contributed by atoms with E-state index in [2.05, 4.69) is 20.1 Å². The first-order valence-electron chi connectivity index (χ1n) is 6.41. The summed E-state index contributed by atoms with van der Waals surface area (Å²) >= 11 is 0. The molecule has 6 heteroatoms. The fourth-order valence-corrected chi connectivity index (χ4v) is 2.19. The zero-order valence-electron chi connectivity index (χ0n) is 10.9. The van der Waals surface area contributed by atoms with Gasteiger partial charge in [0, 0.05) is 12.4 Å². The van der Waals surface area contributed by atoms with Gasteiger partial charge in [0.25, 0.3) is 0 Å². The van der Waals surface area contributed by atoms with E-state index in [-0.39, 0.29) is 5.82 Å². The van der Waals surface area contributed by atoms with Gasteiger partial charge in [-0.05, 0) is 30.3 Å². The van der Waals surface area contributed by atoms with Crippen LogP contribution in [0.5, 0.6) is 0 Å². The summed E-state index contributed by atoms with van der Waals surface area (Å²) in [6.45, 7) is 0. The minimum absolute atomic E-state index is 0.294. The van der Waals surface area contributed by atoms with E-state index in [1.807, 2.05) is 12.1 Å². The standard InChI is InChI=1S/C15H10FN5/c16-11-3-1-4-12(7-11)21-9-10(8-18-21)14-19-13-5-2-6-17-15(13)20-14/h1-9H,(H,17,19,20). The van der Waals surface area contributed by atoms with Crippen molar-refractivity contribution in [2.75, 3.05) is 0 Å². The van der Waals surface area contributed by atoms with Crippen molar-refractivity contribution in [3.8, 4) is 17.1 Å². The minimum Gasteiger partial charge on any atom is -0.336 e. The average Bonchev–Trinajstić information content (AvgIpc) is 3.14. The molecular formula is C15H10FN5. The smallest absolute Gasteiger partial charge is 0.178 e. The molecule has 3 aromatic heterocycles. The van der Waals surface area contributed by atoms with E-state index in [9.17, 15) is 4.39 Å². The Morgan fingerprint density at radius 2 is 2.10 bits per heavy atom. The van der Waals surface area contributed by atoms with Crippen molar-refractivity contribution < 1.29 is 4.39 Å². The molecule has 0 fully saturated rings. The van der Waals surface area contributed by atoms with Crippen LogP contribution in [0.15, 0.2) is 55.0 Å². The third kappa shape index (κ3) is 2.06. The number of halogens is 1. The van der Waals surface area contributed by atoms with E-state index in [0.717, 1.165) is 11.1 Å². The second-order valence-electron chi connectivity index (χ2n) is 4.61. The summed E-state index contributed by atoms with van der Waals surface area (Å²) in [5.74, 6) is 0.392. The quantitative estimate of drug-likeness (QED) is 0.613. The monoisotopic (exact) mass is 279 g/mol. The average molecular weight is 279 g/mol. The van der Waals surface area contributed by atoms with Gasteiger partial charge in [-0.3, -0.25) is 0 Å². The summed E-state index contributed by atoms with van der Waals surface area (Å²) in [6, 6.07) is 10.0. The van der Waals surface area contributed by atoms with Gasteiger partial charge in [-0.15, -0.1) is 0 Å². The van der Waals surface area contributed by atoms with Crippen LogP contribution in [0.3, 0.4) is 0 Å². The van der Waals surface area contributed by atoms with Gasteiger partial charge in [-0.25, -0.2) is 19.0 Å². The van der Waals surface area contributed by atoms with Gasteiger partial charge in [0.1, 0.15) is 11.6 Å². The van der Waals surface area contributed by atoms with Crippen LogP contribution >= 0.6 is 0 Å². The molecule has 4 rings (SSSR count). The fraction of sp³-hybridized carbons (Fsp3) is 0. The number of hydrogen-bond acceptors (Lipinski definition) is 3. The van der Waals surface area contributed by atoms with Crippen molar-refractivity contribution in [3.63, 3.8) is 0 Å². The lowest BCUT2D eigenvalue weighted by Crippen LogP contribution is -1.94. The molecule has 0 aliphatic heterocycles. The Bertz CT molecular complexity index is 891. The highest BCUT2D eigenvalue weighted by atomic mass is 19.1.